The van der Waals surface area contributed by atoms with Gasteiger partial charge in [0.05, 0.1) is 29.6 Å². The first-order valence-electron chi connectivity index (χ1n) is 12.3. The van der Waals surface area contributed by atoms with E-state index in [1.165, 1.54) is 37.4 Å². The molecule has 0 atom stereocenters. The normalized spacial score (nSPS) is 14.6. The summed E-state index contributed by atoms with van der Waals surface area (Å²) < 4.78 is 36.7. The quantitative estimate of drug-likeness (QED) is 0.0978. The van der Waals surface area contributed by atoms with Crippen molar-refractivity contribution in [1.82, 2.24) is 9.97 Å². The van der Waals surface area contributed by atoms with Crippen LogP contribution < -0.4 is 20.7 Å². The molecule has 0 spiro atoms. The average molecular weight is 600 g/mol. The summed E-state index contributed by atoms with van der Waals surface area (Å²) in [5.74, 6) is -0.595. The lowest BCUT2D eigenvalue weighted by molar-refractivity contribution is 0.0600. The van der Waals surface area contributed by atoms with Gasteiger partial charge < -0.3 is 19.8 Å². The van der Waals surface area contributed by atoms with Gasteiger partial charge in [0.2, 0.25) is 5.88 Å². The summed E-state index contributed by atoms with van der Waals surface area (Å²) in [7, 11) is -2.62. The molecule has 4 aromatic rings. The fraction of sp³-hybridized carbons (Fsp3) is 0.185. The van der Waals surface area contributed by atoms with Crippen molar-refractivity contribution in [3.63, 3.8) is 0 Å². The zero-order valence-corrected chi connectivity index (χ0v) is 23.7. The third-order valence-corrected chi connectivity index (χ3v) is 7.62. The summed E-state index contributed by atoms with van der Waals surface area (Å²) in [4.78, 5) is 32.0. The lowest BCUT2D eigenvalue weighted by Crippen LogP contribution is -2.33. The Labute approximate surface area is 240 Å². The summed E-state index contributed by atoms with van der Waals surface area (Å²) in [5, 5.41) is 15.5. The van der Waals surface area contributed by atoms with Crippen LogP contribution in [0.3, 0.4) is 0 Å². The minimum atomic E-state index is -3.85. The topological polar surface area (TPSA) is 170 Å². The number of hydrogen-bond acceptors (Lipinski definition) is 11. The number of amidine groups is 1. The Bertz CT molecular complexity index is 1760. The molecule has 0 amide bonds. The van der Waals surface area contributed by atoms with E-state index in [0.717, 1.165) is 5.06 Å². The molecule has 1 aliphatic rings. The molecule has 0 aliphatic carbocycles. The standard InChI is InChI=1S/C27H26ClN5O7S/c1-14(2)13-33(36)24-17-6-4-5-7-18(17)30-26(34)23(24)25-29-19-9-8-16(12-20(19)41(37,38)32-25)40-22-11-15(27(35)39-3)10-21(28)31-22/h4-12,14,36-38H,13H2,1-3H3,(H,29,32)(H,30,34). The molecule has 5 N–H and O–H groups in total. The van der Waals surface area contributed by atoms with Crippen LogP contribution >= 0.6 is 22.4 Å². The van der Waals surface area contributed by atoms with Crippen LogP contribution in [0.1, 0.15) is 29.8 Å². The minimum absolute atomic E-state index is 0.00391. The number of anilines is 2. The number of methoxy groups -OCH3 is 1. The number of hydrogen-bond donors (Lipinski definition) is 5. The monoisotopic (exact) mass is 599 g/mol. The lowest BCUT2D eigenvalue weighted by Gasteiger charge is -2.35. The number of aromatic nitrogens is 2. The maximum Gasteiger partial charge on any atom is 0.338 e. The zero-order valence-electron chi connectivity index (χ0n) is 22.1. The molecular weight excluding hydrogens is 574 g/mol. The zero-order chi connectivity index (χ0) is 29.5. The van der Waals surface area contributed by atoms with E-state index in [0.29, 0.717) is 10.9 Å². The Morgan fingerprint density at radius 2 is 1.90 bits per heavy atom. The largest absolute Gasteiger partial charge is 0.465 e. The van der Waals surface area contributed by atoms with E-state index in [1.807, 2.05) is 13.8 Å². The number of para-hydroxylation sites is 1. The molecule has 0 fully saturated rings. The van der Waals surface area contributed by atoms with E-state index in [4.69, 9.17) is 21.1 Å². The number of halogens is 1. The molecule has 12 nitrogen and oxygen atoms in total. The van der Waals surface area contributed by atoms with Gasteiger partial charge in [-0.25, -0.2) is 9.78 Å². The smallest absolute Gasteiger partial charge is 0.338 e. The molecule has 0 radical (unpaired) electrons. The molecule has 0 saturated carbocycles. The molecule has 2 aromatic carbocycles. The Kier molecular flexibility index (Phi) is 7.64. The van der Waals surface area contributed by atoms with Gasteiger partial charge in [0, 0.05) is 24.1 Å². The van der Waals surface area contributed by atoms with Gasteiger partial charge in [0.1, 0.15) is 21.4 Å². The van der Waals surface area contributed by atoms with Crippen molar-refractivity contribution >= 4 is 56.5 Å². The molecule has 14 heteroatoms. The van der Waals surface area contributed by atoms with Gasteiger partial charge in [-0.1, -0.05) is 54.4 Å². The number of aromatic amines is 1. The molecule has 214 valence electrons. The van der Waals surface area contributed by atoms with Crippen LogP contribution in [0, 0.1) is 5.92 Å². The van der Waals surface area contributed by atoms with Gasteiger partial charge in [-0.3, -0.25) is 24.2 Å². The number of fused-ring (bicyclic) bond motifs is 2. The predicted molar refractivity (Wildman–Crippen MR) is 157 cm³/mol. The first kappa shape index (κ1) is 28.4. The third kappa shape index (κ3) is 5.71. The fourth-order valence-electron chi connectivity index (χ4n) is 4.36. The van der Waals surface area contributed by atoms with Gasteiger partial charge in [-0.15, -0.1) is 4.40 Å². The van der Waals surface area contributed by atoms with Crippen LogP contribution in [0.2, 0.25) is 5.15 Å². The highest BCUT2D eigenvalue weighted by Crippen LogP contribution is 2.56. The van der Waals surface area contributed by atoms with Crippen molar-refractivity contribution in [2.45, 2.75) is 18.7 Å². The molecule has 3 heterocycles. The number of nitrogens with one attached hydrogen (secondary N) is 2. The van der Waals surface area contributed by atoms with Gasteiger partial charge >= 0.3 is 5.97 Å². The highest BCUT2D eigenvalue weighted by molar-refractivity contribution is 8.23. The number of H-pyrrole nitrogens is 1. The average Bonchev–Trinajstić information content (AvgIpc) is 2.91. The predicted octanol–water partition coefficient (Wildman–Crippen LogP) is 5.90. The number of esters is 1. The minimum Gasteiger partial charge on any atom is -0.465 e. The van der Waals surface area contributed by atoms with E-state index in [2.05, 4.69) is 19.7 Å². The van der Waals surface area contributed by atoms with E-state index in [9.17, 15) is 23.9 Å². The van der Waals surface area contributed by atoms with Crippen LogP contribution in [0.15, 0.2) is 68.7 Å². The number of rotatable bonds is 7. The van der Waals surface area contributed by atoms with Crippen molar-refractivity contribution in [1.29, 1.82) is 0 Å². The summed E-state index contributed by atoms with van der Waals surface area (Å²) in [6.07, 6.45) is 0. The summed E-state index contributed by atoms with van der Waals surface area (Å²) in [6.45, 7) is 4.03. The molecule has 1 aliphatic heterocycles. The Balaban J connectivity index is 1.56. The number of carbonyl (C=O) groups is 1. The van der Waals surface area contributed by atoms with Gasteiger partial charge in [-0.05, 0) is 30.2 Å². The van der Waals surface area contributed by atoms with E-state index < -0.39 is 22.3 Å². The molecule has 0 saturated heterocycles. The lowest BCUT2D eigenvalue weighted by atomic mass is 10.1. The third-order valence-electron chi connectivity index (χ3n) is 6.06. The number of nitrogens with zero attached hydrogens (tertiary/aromatic N) is 3. The van der Waals surface area contributed by atoms with Crippen LogP contribution in [0.5, 0.6) is 11.6 Å². The second-order valence-corrected chi connectivity index (χ2v) is 11.6. The second-order valence-electron chi connectivity index (χ2n) is 9.55. The SMILES string of the molecule is COC(=O)c1cc(Cl)nc(Oc2ccc3c(c2)S(O)(O)N=C(c2c(N(O)CC(C)C)c4ccccc4[nH]c2=O)N3)c1. The van der Waals surface area contributed by atoms with Crippen molar-refractivity contribution in [2.24, 2.45) is 10.3 Å². The molecule has 41 heavy (non-hydrogen) atoms. The summed E-state index contributed by atoms with van der Waals surface area (Å²) >= 11 is 6.01. The number of benzene rings is 2. The van der Waals surface area contributed by atoms with E-state index in [-0.39, 0.29) is 62.5 Å². The maximum absolute atomic E-state index is 13.3. The number of pyridine rings is 2. The van der Waals surface area contributed by atoms with Gasteiger partial charge in [0.25, 0.3) is 5.56 Å². The highest BCUT2D eigenvalue weighted by atomic mass is 35.5. The Morgan fingerprint density at radius 3 is 2.63 bits per heavy atom. The van der Waals surface area contributed by atoms with Gasteiger partial charge in [0.15, 0.2) is 5.84 Å². The molecular formula is C27H26ClN5O7S. The van der Waals surface area contributed by atoms with Crippen molar-refractivity contribution in [2.75, 3.05) is 24.0 Å². The summed E-state index contributed by atoms with van der Waals surface area (Å²) in [6, 6.07) is 14.0. The van der Waals surface area contributed by atoms with E-state index in [1.54, 1.807) is 24.3 Å². The first-order chi connectivity index (χ1) is 19.5. The molecule has 0 bridgehead atoms. The highest BCUT2D eigenvalue weighted by Gasteiger charge is 2.31. The fourth-order valence-corrected chi connectivity index (χ4v) is 5.74. The van der Waals surface area contributed by atoms with Crippen molar-refractivity contribution in [3.05, 3.63) is 81.2 Å². The number of ether oxygens (including phenoxy) is 2. The Hall–Kier alpha value is -4.14. The van der Waals surface area contributed by atoms with E-state index >= 15 is 0 Å². The molecule has 5 rings (SSSR count). The Morgan fingerprint density at radius 1 is 1.15 bits per heavy atom. The second kappa shape index (κ2) is 11.0. The first-order valence-corrected chi connectivity index (χ1v) is 14.2. The molecule has 2 aromatic heterocycles. The maximum atomic E-state index is 13.3. The molecule has 0 unspecified atom stereocenters. The van der Waals surface area contributed by atoms with Crippen LogP contribution in [-0.2, 0) is 4.74 Å². The van der Waals surface area contributed by atoms with Crippen LogP contribution in [-0.4, -0.2) is 49.7 Å². The van der Waals surface area contributed by atoms with Gasteiger partial charge in [-0.2, -0.15) is 0 Å². The van der Waals surface area contributed by atoms with Crippen LogP contribution in [0.4, 0.5) is 11.4 Å². The number of carbonyl (C=O) groups excluding carboxylic acids is 1. The van der Waals surface area contributed by atoms with Crippen LogP contribution in [0.25, 0.3) is 10.9 Å². The number of hydroxylamine groups is 1. The van der Waals surface area contributed by atoms with Crippen molar-refractivity contribution < 1.29 is 28.6 Å². The van der Waals surface area contributed by atoms with Crippen molar-refractivity contribution in [3.8, 4) is 11.6 Å². The summed E-state index contributed by atoms with van der Waals surface area (Å²) in [5.41, 5.74) is 0.401.